The number of carbonyl (C=O) groups excluding carboxylic acids is 2. The van der Waals surface area contributed by atoms with Gasteiger partial charge in [-0.2, -0.15) is 0 Å². The molecule has 0 radical (unpaired) electrons. The summed E-state index contributed by atoms with van der Waals surface area (Å²) < 4.78 is 20.2. The molecule has 0 bridgehead atoms. The van der Waals surface area contributed by atoms with Gasteiger partial charge < -0.3 is 19.8 Å². The number of fused-ring (bicyclic) bond motifs is 1. The second-order valence-corrected chi connectivity index (χ2v) is 6.63. The molecular weight excluding hydrogens is 369 g/mol. The van der Waals surface area contributed by atoms with E-state index >= 15 is 0 Å². The number of hydrogen-bond donors (Lipinski definition) is 2. The Labute approximate surface area is 160 Å². The summed E-state index contributed by atoms with van der Waals surface area (Å²) in [4.78, 5) is 31.1. The molecule has 2 aromatic rings. The molecular formula is C19H18FN3O5. The van der Waals surface area contributed by atoms with Crippen molar-refractivity contribution in [2.24, 2.45) is 0 Å². The van der Waals surface area contributed by atoms with Crippen LogP contribution < -0.4 is 14.9 Å². The first-order valence-corrected chi connectivity index (χ1v) is 8.75. The first kappa shape index (κ1) is 18.1. The van der Waals surface area contributed by atoms with Gasteiger partial charge in [-0.3, -0.25) is 4.90 Å². The Kier molecular flexibility index (Phi) is 4.74. The topological polar surface area (TPSA) is 91.3 Å². The van der Waals surface area contributed by atoms with Gasteiger partial charge in [0.15, 0.2) is 5.75 Å². The van der Waals surface area contributed by atoms with Crippen LogP contribution in [0.4, 0.5) is 14.0 Å². The molecule has 2 aliphatic rings. The molecule has 1 saturated heterocycles. The van der Waals surface area contributed by atoms with Crippen LogP contribution in [-0.2, 0) is 19.6 Å². The van der Waals surface area contributed by atoms with Gasteiger partial charge >= 0.3 is 12.1 Å². The van der Waals surface area contributed by atoms with E-state index in [9.17, 15) is 14.0 Å². The molecule has 2 N–H and O–H groups in total. The van der Waals surface area contributed by atoms with Crippen LogP contribution in [0.25, 0.3) is 0 Å². The highest BCUT2D eigenvalue weighted by atomic mass is 19.1. The van der Waals surface area contributed by atoms with Gasteiger partial charge in [-0.1, -0.05) is 18.2 Å². The van der Waals surface area contributed by atoms with Crippen LogP contribution >= 0.6 is 0 Å². The molecule has 4 rings (SSSR count). The average Bonchev–Trinajstić information content (AvgIpc) is 3.09. The first-order chi connectivity index (χ1) is 13.5. The first-order valence-electron chi connectivity index (χ1n) is 8.75. The smallest absolute Gasteiger partial charge is 0.410 e. The van der Waals surface area contributed by atoms with E-state index in [0.29, 0.717) is 35.5 Å². The van der Waals surface area contributed by atoms with Gasteiger partial charge in [-0.15, -0.1) is 0 Å². The Hall–Kier alpha value is -3.33. The highest BCUT2D eigenvalue weighted by molar-refractivity contribution is 5.76. The number of amides is 3. The molecule has 0 aromatic heterocycles. The van der Waals surface area contributed by atoms with E-state index in [4.69, 9.17) is 9.99 Å². The maximum absolute atomic E-state index is 14.9. The van der Waals surface area contributed by atoms with Crippen LogP contribution in [0.1, 0.15) is 16.7 Å². The Morgan fingerprint density at radius 1 is 1.14 bits per heavy atom. The maximum atomic E-state index is 14.9. The van der Waals surface area contributed by atoms with Crippen molar-refractivity contribution in [2.75, 3.05) is 13.1 Å². The fourth-order valence-corrected chi connectivity index (χ4v) is 3.32. The number of hydrogen-bond acceptors (Lipinski definition) is 5. The number of halogens is 1. The fourth-order valence-electron chi connectivity index (χ4n) is 3.32. The lowest BCUT2D eigenvalue weighted by Crippen LogP contribution is -2.36. The standard InChI is InChI=1S/C19H18FN3O5/c20-17-13(10-22-7-6-21-18(22)24)2-1-3-14(17)11-23-9-12-4-5-15(28-26)8-16(12)27-19(23)25/h1-5,8,26H,6-7,9-11H2,(H,21,24). The number of carbonyl (C=O) groups is 2. The van der Waals surface area contributed by atoms with Crippen LogP contribution in [0.3, 0.4) is 0 Å². The van der Waals surface area contributed by atoms with Gasteiger partial charge in [0.1, 0.15) is 11.6 Å². The summed E-state index contributed by atoms with van der Waals surface area (Å²) in [6.45, 7) is 1.50. The Bertz CT molecular complexity index is 936. The van der Waals surface area contributed by atoms with Crippen molar-refractivity contribution in [3.63, 3.8) is 0 Å². The molecule has 2 aliphatic heterocycles. The SMILES string of the molecule is O=C1NCCN1Cc1cccc(CN2Cc3ccc(OO)cc3OC2=O)c1F. The van der Waals surface area contributed by atoms with Crippen molar-refractivity contribution >= 4 is 12.1 Å². The van der Waals surface area contributed by atoms with E-state index in [0.717, 1.165) is 0 Å². The highest BCUT2D eigenvalue weighted by Gasteiger charge is 2.27. The zero-order valence-electron chi connectivity index (χ0n) is 14.9. The summed E-state index contributed by atoms with van der Waals surface area (Å²) in [6, 6.07) is 9.34. The van der Waals surface area contributed by atoms with E-state index < -0.39 is 11.9 Å². The summed E-state index contributed by atoms with van der Waals surface area (Å²) in [5.74, 6) is 0.0107. The summed E-state index contributed by atoms with van der Waals surface area (Å²) in [5.41, 5.74) is 1.45. The lowest BCUT2D eigenvalue weighted by Gasteiger charge is -2.28. The van der Waals surface area contributed by atoms with Gasteiger partial charge in [0, 0.05) is 35.8 Å². The predicted octanol–water partition coefficient (Wildman–Crippen LogP) is 2.72. The second-order valence-electron chi connectivity index (χ2n) is 6.63. The Morgan fingerprint density at radius 3 is 2.57 bits per heavy atom. The van der Waals surface area contributed by atoms with E-state index in [1.165, 1.54) is 15.9 Å². The van der Waals surface area contributed by atoms with Crippen molar-refractivity contribution in [3.05, 3.63) is 58.9 Å². The second kappa shape index (κ2) is 7.35. The normalized spacial score (nSPS) is 15.9. The molecule has 0 saturated carbocycles. The molecule has 0 unspecified atom stereocenters. The van der Waals surface area contributed by atoms with E-state index in [2.05, 4.69) is 10.2 Å². The largest absolute Gasteiger partial charge is 0.415 e. The Balaban J connectivity index is 1.51. The molecule has 28 heavy (non-hydrogen) atoms. The monoisotopic (exact) mass is 387 g/mol. The number of benzene rings is 2. The minimum Gasteiger partial charge on any atom is -0.410 e. The highest BCUT2D eigenvalue weighted by Crippen LogP contribution is 2.31. The third-order valence-electron chi connectivity index (χ3n) is 4.79. The minimum atomic E-state index is -0.619. The van der Waals surface area contributed by atoms with Gasteiger partial charge in [0.2, 0.25) is 0 Å². The number of nitrogens with zero attached hydrogens (tertiary/aromatic N) is 2. The van der Waals surface area contributed by atoms with Crippen LogP contribution in [-0.4, -0.2) is 40.3 Å². The molecule has 0 spiro atoms. The zero-order valence-corrected chi connectivity index (χ0v) is 14.9. The van der Waals surface area contributed by atoms with E-state index in [1.54, 1.807) is 30.3 Å². The lowest BCUT2D eigenvalue weighted by molar-refractivity contribution is -0.137. The molecule has 9 heteroatoms. The molecule has 1 fully saturated rings. The molecule has 146 valence electrons. The molecule has 0 atom stereocenters. The third kappa shape index (κ3) is 3.44. The third-order valence-corrected chi connectivity index (χ3v) is 4.79. The van der Waals surface area contributed by atoms with Crippen LogP contribution in [0, 0.1) is 5.82 Å². The van der Waals surface area contributed by atoms with Crippen LogP contribution in [0.15, 0.2) is 36.4 Å². The van der Waals surface area contributed by atoms with Gasteiger partial charge in [0.25, 0.3) is 0 Å². The Morgan fingerprint density at radius 2 is 1.89 bits per heavy atom. The summed E-state index contributed by atoms with van der Waals surface area (Å²) in [6.07, 6.45) is -0.619. The number of rotatable bonds is 5. The molecule has 0 aliphatic carbocycles. The summed E-state index contributed by atoms with van der Waals surface area (Å²) in [7, 11) is 0. The average molecular weight is 387 g/mol. The van der Waals surface area contributed by atoms with Crippen molar-refractivity contribution in [3.8, 4) is 11.5 Å². The van der Waals surface area contributed by atoms with E-state index in [-0.39, 0.29) is 31.4 Å². The van der Waals surface area contributed by atoms with Crippen molar-refractivity contribution in [2.45, 2.75) is 19.6 Å². The van der Waals surface area contributed by atoms with Crippen molar-refractivity contribution in [1.29, 1.82) is 0 Å². The predicted molar refractivity (Wildman–Crippen MR) is 95.2 cm³/mol. The van der Waals surface area contributed by atoms with Crippen LogP contribution in [0.5, 0.6) is 11.5 Å². The quantitative estimate of drug-likeness (QED) is 0.608. The van der Waals surface area contributed by atoms with Crippen LogP contribution in [0.2, 0.25) is 0 Å². The lowest BCUT2D eigenvalue weighted by atomic mass is 10.1. The number of ether oxygens (including phenoxy) is 1. The minimum absolute atomic E-state index is 0.0302. The van der Waals surface area contributed by atoms with Crippen molar-refractivity contribution < 1.29 is 28.9 Å². The summed E-state index contributed by atoms with van der Waals surface area (Å²) in [5, 5.41) is 11.4. The van der Waals surface area contributed by atoms with Gasteiger partial charge in [0.05, 0.1) is 19.6 Å². The fraction of sp³-hybridized carbons (Fsp3) is 0.263. The van der Waals surface area contributed by atoms with Gasteiger partial charge in [-0.25, -0.2) is 19.2 Å². The number of nitrogens with one attached hydrogen (secondary N) is 1. The number of urea groups is 1. The maximum Gasteiger partial charge on any atom is 0.415 e. The molecule has 3 amide bonds. The van der Waals surface area contributed by atoms with E-state index in [1.807, 2.05) is 0 Å². The zero-order chi connectivity index (χ0) is 19.7. The van der Waals surface area contributed by atoms with Crippen molar-refractivity contribution in [1.82, 2.24) is 15.1 Å². The molecule has 2 heterocycles. The van der Waals surface area contributed by atoms with Gasteiger partial charge in [-0.05, 0) is 12.1 Å². The molecule has 2 aromatic carbocycles. The molecule has 8 nitrogen and oxygen atoms in total. The summed E-state index contributed by atoms with van der Waals surface area (Å²) >= 11 is 0.